The number of methoxy groups -OCH3 is 1. The van der Waals surface area contributed by atoms with Crippen LogP contribution in [0.1, 0.15) is 24.2 Å². The topological polar surface area (TPSA) is 47.3 Å². The van der Waals surface area contributed by atoms with Gasteiger partial charge in [0.2, 0.25) is 0 Å². The minimum absolute atomic E-state index is 0.267. The maximum atomic E-state index is 5.37. The zero-order chi connectivity index (χ0) is 14.4. The van der Waals surface area contributed by atoms with Crippen molar-refractivity contribution < 1.29 is 9.15 Å². The Morgan fingerprint density at radius 3 is 2.65 bits per heavy atom. The molecule has 1 atom stereocenters. The number of oxazole rings is 1. The number of thioether (sulfide) groups is 1. The predicted molar refractivity (Wildman–Crippen MR) is 81.4 cm³/mol. The van der Waals surface area contributed by atoms with Crippen LogP contribution in [-0.4, -0.2) is 24.4 Å². The van der Waals surface area contributed by atoms with Gasteiger partial charge in [0.1, 0.15) is 12.0 Å². The van der Waals surface area contributed by atoms with Crippen LogP contribution in [-0.2, 0) is 0 Å². The summed E-state index contributed by atoms with van der Waals surface area (Å²) in [4.78, 5) is 4.31. The van der Waals surface area contributed by atoms with E-state index < -0.39 is 0 Å². The summed E-state index contributed by atoms with van der Waals surface area (Å²) in [7, 11) is 1.68. The molecule has 1 heterocycles. The molecule has 0 bridgehead atoms. The Hall–Kier alpha value is -1.46. The first-order chi connectivity index (χ1) is 9.72. The van der Waals surface area contributed by atoms with Crippen molar-refractivity contribution in [1.82, 2.24) is 10.3 Å². The fourth-order valence-corrected chi connectivity index (χ4v) is 2.85. The Labute approximate surface area is 123 Å². The van der Waals surface area contributed by atoms with E-state index in [2.05, 4.69) is 29.4 Å². The Morgan fingerprint density at radius 2 is 2.10 bits per heavy atom. The molecule has 1 N–H and O–H groups in total. The minimum Gasteiger partial charge on any atom is -0.497 e. The number of hydrogen-bond donors (Lipinski definition) is 1. The van der Waals surface area contributed by atoms with Crippen molar-refractivity contribution >= 4 is 11.8 Å². The molecule has 1 aromatic carbocycles. The average molecular weight is 292 g/mol. The second-order valence-corrected chi connectivity index (χ2v) is 5.42. The van der Waals surface area contributed by atoms with Crippen molar-refractivity contribution in [2.45, 2.75) is 25.1 Å². The highest BCUT2D eigenvalue weighted by atomic mass is 32.2. The summed E-state index contributed by atoms with van der Waals surface area (Å²) >= 11 is 1.62. The highest BCUT2D eigenvalue weighted by Gasteiger charge is 2.12. The van der Waals surface area contributed by atoms with Crippen LogP contribution in [0.3, 0.4) is 0 Å². The molecule has 0 aliphatic carbocycles. The molecule has 20 heavy (non-hydrogen) atoms. The molecule has 0 spiro atoms. The van der Waals surface area contributed by atoms with Gasteiger partial charge < -0.3 is 14.5 Å². The van der Waals surface area contributed by atoms with Crippen molar-refractivity contribution in [3.05, 3.63) is 41.8 Å². The molecule has 0 fully saturated rings. The third-order valence-corrected chi connectivity index (χ3v) is 3.87. The molecular weight excluding hydrogens is 272 g/mol. The molecule has 1 unspecified atom stereocenters. The maximum Gasteiger partial charge on any atom is 0.255 e. The fraction of sp³-hybridized carbons (Fsp3) is 0.400. The van der Waals surface area contributed by atoms with Gasteiger partial charge >= 0.3 is 0 Å². The monoisotopic (exact) mass is 292 g/mol. The van der Waals surface area contributed by atoms with Gasteiger partial charge in [0.25, 0.3) is 5.22 Å². The number of hydrogen-bond acceptors (Lipinski definition) is 5. The summed E-state index contributed by atoms with van der Waals surface area (Å²) in [5.41, 5.74) is 2.15. The number of benzene rings is 1. The Bertz CT molecular complexity index is 525. The molecule has 0 aliphatic heterocycles. The summed E-state index contributed by atoms with van der Waals surface area (Å²) in [6, 6.07) is 8.42. The highest BCUT2D eigenvalue weighted by Crippen LogP contribution is 2.25. The molecular formula is C15H20N2O2S. The Balaban J connectivity index is 2.01. The van der Waals surface area contributed by atoms with Gasteiger partial charge in [-0.2, -0.15) is 0 Å². The minimum atomic E-state index is 0.267. The van der Waals surface area contributed by atoms with Crippen LogP contribution in [0.4, 0.5) is 0 Å². The van der Waals surface area contributed by atoms with Gasteiger partial charge in [-0.25, -0.2) is 4.98 Å². The first-order valence-corrected chi connectivity index (χ1v) is 7.63. The highest BCUT2D eigenvalue weighted by molar-refractivity contribution is 7.99. The summed E-state index contributed by atoms with van der Waals surface area (Å²) in [6.45, 7) is 4.96. The summed E-state index contributed by atoms with van der Waals surface area (Å²) in [5.74, 6) is 1.75. The SMILES string of the molecule is CCNC(CSc1nc(C)co1)c1ccc(OC)cc1. The van der Waals surface area contributed by atoms with Gasteiger partial charge in [-0.1, -0.05) is 30.8 Å². The van der Waals surface area contributed by atoms with Crippen LogP contribution in [0.2, 0.25) is 0 Å². The van der Waals surface area contributed by atoms with Crippen LogP contribution >= 0.6 is 11.8 Å². The largest absolute Gasteiger partial charge is 0.497 e. The zero-order valence-electron chi connectivity index (χ0n) is 12.1. The number of ether oxygens (including phenoxy) is 1. The number of aromatic nitrogens is 1. The van der Waals surface area contributed by atoms with E-state index >= 15 is 0 Å². The van der Waals surface area contributed by atoms with Crippen molar-refractivity contribution in [3.63, 3.8) is 0 Å². The Morgan fingerprint density at radius 1 is 1.35 bits per heavy atom. The third kappa shape index (κ3) is 4.02. The quantitative estimate of drug-likeness (QED) is 0.792. The summed E-state index contributed by atoms with van der Waals surface area (Å²) in [5, 5.41) is 4.20. The van der Waals surface area contributed by atoms with E-state index in [1.54, 1.807) is 25.1 Å². The normalized spacial score (nSPS) is 12.3. The first-order valence-electron chi connectivity index (χ1n) is 6.65. The molecule has 2 rings (SSSR count). The van der Waals surface area contributed by atoms with Gasteiger partial charge in [0, 0.05) is 11.8 Å². The van der Waals surface area contributed by atoms with Crippen molar-refractivity contribution in [2.24, 2.45) is 0 Å². The molecule has 108 valence electrons. The van der Waals surface area contributed by atoms with Crippen molar-refractivity contribution in [1.29, 1.82) is 0 Å². The molecule has 0 aliphatic rings. The van der Waals surface area contributed by atoms with Gasteiger partial charge in [0.15, 0.2) is 0 Å². The van der Waals surface area contributed by atoms with Crippen LogP contribution in [0.15, 0.2) is 40.2 Å². The van der Waals surface area contributed by atoms with Gasteiger partial charge in [-0.05, 0) is 31.2 Å². The zero-order valence-corrected chi connectivity index (χ0v) is 12.9. The van der Waals surface area contributed by atoms with Gasteiger partial charge in [-0.3, -0.25) is 0 Å². The lowest BCUT2D eigenvalue weighted by Crippen LogP contribution is -2.22. The van der Waals surface area contributed by atoms with E-state index in [-0.39, 0.29) is 6.04 Å². The average Bonchev–Trinajstić information content (AvgIpc) is 2.89. The molecule has 0 saturated heterocycles. The predicted octanol–water partition coefficient (Wildman–Crippen LogP) is 3.43. The summed E-state index contributed by atoms with van der Waals surface area (Å²) in [6.07, 6.45) is 1.68. The lowest BCUT2D eigenvalue weighted by Gasteiger charge is -2.17. The Kier molecular flexibility index (Phi) is 5.49. The van der Waals surface area contributed by atoms with Crippen molar-refractivity contribution in [2.75, 3.05) is 19.4 Å². The lowest BCUT2D eigenvalue weighted by molar-refractivity contribution is 0.414. The second kappa shape index (κ2) is 7.36. The molecule has 4 nitrogen and oxygen atoms in total. The first kappa shape index (κ1) is 14.9. The van der Waals surface area contributed by atoms with Crippen LogP contribution in [0.5, 0.6) is 5.75 Å². The molecule has 0 amide bonds. The standard InChI is InChI=1S/C15H20N2O2S/c1-4-16-14(10-20-15-17-11(2)9-19-15)12-5-7-13(18-3)8-6-12/h5-9,14,16H,4,10H2,1-3H3. The summed E-state index contributed by atoms with van der Waals surface area (Å²) < 4.78 is 10.6. The molecule has 2 aromatic rings. The van der Waals surface area contributed by atoms with E-state index in [4.69, 9.17) is 9.15 Å². The van der Waals surface area contributed by atoms with Crippen LogP contribution in [0.25, 0.3) is 0 Å². The van der Waals surface area contributed by atoms with Crippen LogP contribution in [0, 0.1) is 6.92 Å². The maximum absolute atomic E-state index is 5.37. The molecule has 0 radical (unpaired) electrons. The number of nitrogens with zero attached hydrogens (tertiary/aromatic N) is 1. The van der Waals surface area contributed by atoms with Crippen molar-refractivity contribution in [3.8, 4) is 5.75 Å². The molecule has 5 heteroatoms. The van der Waals surface area contributed by atoms with Gasteiger partial charge in [0.05, 0.1) is 12.8 Å². The van der Waals surface area contributed by atoms with E-state index in [1.807, 2.05) is 19.1 Å². The fourth-order valence-electron chi connectivity index (χ4n) is 1.91. The second-order valence-electron chi connectivity index (χ2n) is 4.45. The lowest BCUT2D eigenvalue weighted by atomic mass is 10.1. The molecule has 1 aromatic heterocycles. The number of nitrogens with one attached hydrogen (secondary N) is 1. The van der Waals surface area contributed by atoms with E-state index in [0.29, 0.717) is 0 Å². The van der Waals surface area contributed by atoms with Gasteiger partial charge in [-0.15, -0.1) is 0 Å². The van der Waals surface area contributed by atoms with E-state index in [9.17, 15) is 0 Å². The number of rotatable bonds is 7. The smallest absolute Gasteiger partial charge is 0.255 e. The van der Waals surface area contributed by atoms with Crippen LogP contribution < -0.4 is 10.1 Å². The third-order valence-electron chi connectivity index (χ3n) is 2.94. The van der Waals surface area contributed by atoms with E-state index in [0.717, 1.165) is 29.0 Å². The number of aryl methyl sites for hydroxylation is 1. The van der Waals surface area contributed by atoms with E-state index in [1.165, 1.54) is 5.56 Å². The molecule has 0 saturated carbocycles.